The summed E-state index contributed by atoms with van der Waals surface area (Å²) >= 11 is 12.6. The molecule has 0 aliphatic carbocycles. The second kappa shape index (κ2) is 14.8. The highest BCUT2D eigenvalue weighted by Gasteiger charge is 2.19. The minimum absolute atomic E-state index is 0.105. The number of unbranched alkanes of at least 4 members (excludes halogenated alkanes) is 2. The van der Waals surface area contributed by atoms with Gasteiger partial charge >= 0.3 is 5.97 Å². The van der Waals surface area contributed by atoms with E-state index in [-0.39, 0.29) is 24.2 Å². The SMILES string of the molecule is CCCCC(C)C(=O)OCn1c(=O)ccc2ccc(OCCCCN3CCN(c4cccc(Cl)c4Cl)CC3)cc21. The van der Waals surface area contributed by atoms with Gasteiger partial charge in [-0.2, -0.15) is 0 Å². The Bertz CT molecular complexity index is 1340. The first kappa shape index (κ1) is 30.2. The minimum Gasteiger partial charge on any atom is -0.494 e. The summed E-state index contributed by atoms with van der Waals surface area (Å²) in [7, 11) is 0. The van der Waals surface area contributed by atoms with Crippen LogP contribution in [0, 0.1) is 5.92 Å². The number of esters is 1. The predicted molar refractivity (Wildman–Crippen MR) is 163 cm³/mol. The van der Waals surface area contributed by atoms with Gasteiger partial charge in [0.15, 0.2) is 6.73 Å². The molecule has 1 unspecified atom stereocenters. The van der Waals surface area contributed by atoms with Crippen LogP contribution in [0.15, 0.2) is 53.3 Å². The molecule has 216 valence electrons. The highest BCUT2D eigenvalue weighted by atomic mass is 35.5. The molecule has 1 saturated heterocycles. The molecule has 9 heteroatoms. The molecule has 1 atom stereocenters. The Morgan fingerprint density at radius 2 is 1.77 bits per heavy atom. The first-order chi connectivity index (χ1) is 19.4. The number of piperazine rings is 1. The van der Waals surface area contributed by atoms with E-state index in [1.165, 1.54) is 10.6 Å². The molecule has 0 N–H and O–H groups in total. The maximum Gasteiger partial charge on any atom is 0.310 e. The van der Waals surface area contributed by atoms with Crippen molar-refractivity contribution in [2.75, 3.05) is 44.2 Å². The Balaban J connectivity index is 1.24. The van der Waals surface area contributed by atoms with Gasteiger partial charge in [0, 0.05) is 38.3 Å². The van der Waals surface area contributed by atoms with E-state index in [0.717, 1.165) is 75.9 Å². The number of carbonyl (C=O) groups excluding carboxylic acids is 1. The molecule has 1 aliphatic rings. The number of anilines is 1. The fraction of sp³-hybridized carbons (Fsp3) is 0.484. The van der Waals surface area contributed by atoms with Gasteiger partial charge < -0.3 is 14.4 Å². The number of nitrogens with zero attached hydrogens (tertiary/aromatic N) is 3. The van der Waals surface area contributed by atoms with Crippen molar-refractivity contribution in [2.45, 2.75) is 52.7 Å². The van der Waals surface area contributed by atoms with Crippen molar-refractivity contribution >= 4 is 45.8 Å². The van der Waals surface area contributed by atoms with Crippen molar-refractivity contribution in [3.05, 3.63) is 68.9 Å². The monoisotopic (exact) mass is 587 g/mol. The van der Waals surface area contributed by atoms with E-state index in [4.69, 9.17) is 32.7 Å². The lowest BCUT2D eigenvalue weighted by atomic mass is 10.1. The number of ether oxygens (including phenoxy) is 2. The molecule has 7 nitrogen and oxygen atoms in total. The summed E-state index contributed by atoms with van der Waals surface area (Å²) in [6.07, 6.45) is 4.74. The van der Waals surface area contributed by atoms with Crippen molar-refractivity contribution in [1.29, 1.82) is 0 Å². The van der Waals surface area contributed by atoms with Crippen LogP contribution in [0.1, 0.15) is 46.0 Å². The van der Waals surface area contributed by atoms with Gasteiger partial charge in [-0.25, -0.2) is 0 Å². The van der Waals surface area contributed by atoms with Gasteiger partial charge in [0.2, 0.25) is 0 Å². The molecule has 0 bridgehead atoms. The van der Waals surface area contributed by atoms with Gasteiger partial charge in [-0.15, -0.1) is 0 Å². The van der Waals surface area contributed by atoms with E-state index in [1.807, 2.05) is 43.3 Å². The van der Waals surface area contributed by atoms with Crippen LogP contribution in [0.3, 0.4) is 0 Å². The Hall–Kier alpha value is -2.74. The summed E-state index contributed by atoms with van der Waals surface area (Å²) in [6.45, 7) is 9.25. The van der Waals surface area contributed by atoms with Gasteiger partial charge in [0.05, 0.1) is 33.8 Å². The van der Waals surface area contributed by atoms with E-state index < -0.39 is 0 Å². The zero-order valence-electron chi connectivity index (χ0n) is 23.4. The van der Waals surface area contributed by atoms with Gasteiger partial charge in [-0.05, 0) is 61.5 Å². The molecule has 1 fully saturated rings. The summed E-state index contributed by atoms with van der Waals surface area (Å²) in [5, 5.41) is 2.10. The maximum atomic E-state index is 12.6. The largest absolute Gasteiger partial charge is 0.494 e. The summed E-state index contributed by atoms with van der Waals surface area (Å²) in [4.78, 5) is 29.7. The van der Waals surface area contributed by atoms with Crippen molar-refractivity contribution < 1.29 is 14.3 Å². The average molecular weight is 589 g/mol. The van der Waals surface area contributed by atoms with Crippen LogP contribution in [-0.2, 0) is 16.3 Å². The van der Waals surface area contributed by atoms with Crippen LogP contribution in [-0.4, -0.2) is 54.8 Å². The zero-order valence-corrected chi connectivity index (χ0v) is 24.9. The van der Waals surface area contributed by atoms with Crippen molar-refractivity contribution in [3.8, 4) is 5.75 Å². The zero-order chi connectivity index (χ0) is 28.5. The number of hydrogen-bond donors (Lipinski definition) is 0. The average Bonchev–Trinajstić information content (AvgIpc) is 2.96. The van der Waals surface area contributed by atoms with Crippen LogP contribution in [0.4, 0.5) is 5.69 Å². The summed E-state index contributed by atoms with van der Waals surface area (Å²) < 4.78 is 13.0. The Kier molecular flexibility index (Phi) is 11.2. The third kappa shape index (κ3) is 7.93. The topological polar surface area (TPSA) is 64.0 Å². The fourth-order valence-electron chi connectivity index (χ4n) is 4.97. The molecule has 0 radical (unpaired) electrons. The highest BCUT2D eigenvalue weighted by Crippen LogP contribution is 2.33. The second-order valence-corrected chi connectivity index (χ2v) is 11.2. The molecule has 1 aromatic heterocycles. The lowest BCUT2D eigenvalue weighted by molar-refractivity contribution is -0.152. The van der Waals surface area contributed by atoms with Crippen LogP contribution in [0.2, 0.25) is 10.0 Å². The van der Waals surface area contributed by atoms with Crippen LogP contribution in [0.25, 0.3) is 10.9 Å². The number of rotatable bonds is 13. The molecule has 2 heterocycles. The maximum absolute atomic E-state index is 12.6. The molecule has 40 heavy (non-hydrogen) atoms. The first-order valence-electron chi connectivity index (χ1n) is 14.2. The number of carbonyl (C=O) groups is 1. The van der Waals surface area contributed by atoms with Crippen molar-refractivity contribution in [3.63, 3.8) is 0 Å². The summed E-state index contributed by atoms with van der Waals surface area (Å²) in [6, 6.07) is 14.8. The smallest absolute Gasteiger partial charge is 0.310 e. The van der Waals surface area contributed by atoms with E-state index in [1.54, 1.807) is 6.07 Å². The molecule has 1 aliphatic heterocycles. The number of hydrogen-bond acceptors (Lipinski definition) is 6. The fourth-order valence-corrected chi connectivity index (χ4v) is 5.38. The molecule has 0 saturated carbocycles. The molecule has 2 aromatic carbocycles. The third-order valence-electron chi connectivity index (χ3n) is 7.47. The summed E-state index contributed by atoms with van der Waals surface area (Å²) in [5.74, 6) is 0.232. The lowest BCUT2D eigenvalue weighted by Crippen LogP contribution is -2.46. The lowest BCUT2D eigenvalue weighted by Gasteiger charge is -2.36. The number of benzene rings is 2. The van der Waals surface area contributed by atoms with Crippen molar-refractivity contribution in [1.82, 2.24) is 9.47 Å². The Labute approximate surface area is 246 Å². The standard InChI is InChI=1S/C31H39Cl2N3O4/c1-3-4-8-23(2)31(38)40-22-36-28-21-25(13-11-24(28)12-14-29(36)37)39-20-6-5-15-34-16-18-35(19-17-34)27-10-7-9-26(32)30(27)33/h7,9-14,21,23H,3-6,8,15-20,22H2,1-2H3. The van der Waals surface area contributed by atoms with Crippen LogP contribution >= 0.6 is 23.2 Å². The molecule has 3 aromatic rings. The van der Waals surface area contributed by atoms with Crippen LogP contribution < -0.4 is 15.2 Å². The Morgan fingerprint density at radius 3 is 2.55 bits per heavy atom. The van der Waals surface area contributed by atoms with Crippen molar-refractivity contribution in [2.24, 2.45) is 5.92 Å². The van der Waals surface area contributed by atoms with E-state index in [9.17, 15) is 9.59 Å². The van der Waals surface area contributed by atoms with E-state index in [0.29, 0.717) is 27.9 Å². The number of pyridine rings is 1. The molecular formula is C31H39Cl2N3O4. The number of halogens is 2. The summed E-state index contributed by atoms with van der Waals surface area (Å²) in [5.41, 5.74) is 1.48. The molecule has 4 rings (SSSR count). The second-order valence-electron chi connectivity index (χ2n) is 10.4. The predicted octanol–water partition coefficient (Wildman–Crippen LogP) is 6.62. The van der Waals surface area contributed by atoms with Gasteiger partial charge in [-0.1, -0.05) is 56.0 Å². The number of aromatic nitrogens is 1. The normalized spacial score (nSPS) is 14.8. The molecule has 0 amide bonds. The highest BCUT2D eigenvalue weighted by molar-refractivity contribution is 6.43. The first-order valence-corrected chi connectivity index (χ1v) is 15.0. The van der Waals surface area contributed by atoms with Gasteiger partial charge in [0.1, 0.15) is 5.75 Å². The van der Waals surface area contributed by atoms with E-state index >= 15 is 0 Å². The molecular weight excluding hydrogens is 549 g/mol. The van der Waals surface area contributed by atoms with Gasteiger partial charge in [0.25, 0.3) is 5.56 Å². The number of fused-ring (bicyclic) bond motifs is 1. The van der Waals surface area contributed by atoms with Crippen LogP contribution in [0.5, 0.6) is 5.75 Å². The minimum atomic E-state index is -0.278. The third-order valence-corrected chi connectivity index (χ3v) is 8.28. The molecule has 0 spiro atoms. The van der Waals surface area contributed by atoms with E-state index in [2.05, 4.69) is 16.7 Å². The van der Waals surface area contributed by atoms with Gasteiger partial charge in [-0.3, -0.25) is 19.1 Å². The quantitative estimate of drug-likeness (QED) is 0.165. The Morgan fingerprint density at radius 1 is 1.00 bits per heavy atom.